The standard InChI is InChI=1S/C27H19N3O4/c31-27(34-17-24-21-10-3-1-8-19(21)20-9-2-4-11-22(20)24)29-16-5-7-18-13-14-25(30(32)33)23-12-6-15-28-26(18)23/h1-4,6,8-15,24H,16-17H2,(H,29,31). The largest absolute Gasteiger partial charge is 0.449 e. The monoisotopic (exact) mass is 449 g/mol. The van der Waals surface area contributed by atoms with Crippen molar-refractivity contribution in [2.75, 3.05) is 13.2 Å². The van der Waals surface area contributed by atoms with Crippen LogP contribution in [0.5, 0.6) is 0 Å². The molecule has 7 heteroatoms. The first-order valence-corrected chi connectivity index (χ1v) is 10.7. The second-order valence-corrected chi connectivity index (χ2v) is 7.77. The number of carbonyl (C=O) groups excluding carboxylic acids is 1. The van der Waals surface area contributed by atoms with Gasteiger partial charge in [-0.25, -0.2) is 4.79 Å². The lowest BCUT2D eigenvalue weighted by Crippen LogP contribution is -2.26. The van der Waals surface area contributed by atoms with Gasteiger partial charge in [-0.3, -0.25) is 15.1 Å². The molecule has 0 bridgehead atoms. The Kier molecular flexibility index (Phi) is 5.63. The van der Waals surface area contributed by atoms with Gasteiger partial charge in [-0.2, -0.15) is 0 Å². The first kappa shape index (κ1) is 21.2. The Morgan fingerprint density at radius 2 is 1.71 bits per heavy atom. The third-order valence-corrected chi connectivity index (χ3v) is 5.83. The van der Waals surface area contributed by atoms with Crippen molar-refractivity contribution in [2.45, 2.75) is 5.92 Å². The molecule has 1 aliphatic carbocycles. The van der Waals surface area contributed by atoms with E-state index in [9.17, 15) is 14.9 Å². The summed E-state index contributed by atoms with van der Waals surface area (Å²) < 4.78 is 5.50. The third-order valence-electron chi connectivity index (χ3n) is 5.83. The molecule has 166 valence electrons. The molecule has 0 unspecified atom stereocenters. The number of rotatable bonds is 4. The van der Waals surface area contributed by atoms with Crippen molar-refractivity contribution in [1.82, 2.24) is 10.3 Å². The van der Waals surface area contributed by atoms with Crippen molar-refractivity contribution in [2.24, 2.45) is 0 Å². The molecule has 1 aliphatic rings. The van der Waals surface area contributed by atoms with Crippen LogP contribution in [0, 0.1) is 22.0 Å². The molecule has 1 aromatic heterocycles. The number of hydrogen-bond donors (Lipinski definition) is 1. The first-order valence-electron chi connectivity index (χ1n) is 10.7. The summed E-state index contributed by atoms with van der Waals surface area (Å²) in [6.45, 7) is 0.298. The predicted molar refractivity (Wildman–Crippen MR) is 128 cm³/mol. The fourth-order valence-corrected chi connectivity index (χ4v) is 4.32. The van der Waals surface area contributed by atoms with E-state index in [1.807, 2.05) is 24.3 Å². The smallest absolute Gasteiger partial charge is 0.407 e. The number of nitrogens with zero attached hydrogens (tertiary/aromatic N) is 2. The molecule has 0 saturated carbocycles. The average Bonchev–Trinajstić information content (AvgIpc) is 3.19. The van der Waals surface area contributed by atoms with E-state index in [-0.39, 0.29) is 24.8 Å². The van der Waals surface area contributed by atoms with Gasteiger partial charge in [0.05, 0.1) is 27.9 Å². The molecular weight excluding hydrogens is 430 g/mol. The molecule has 0 fully saturated rings. The van der Waals surface area contributed by atoms with Gasteiger partial charge in [-0.05, 0) is 40.5 Å². The number of nitro groups is 1. The van der Waals surface area contributed by atoms with Crippen molar-refractivity contribution < 1.29 is 14.5 Å². The van der Waals surface area contributed by atoms with E-state index >= 15 is 0 Å². The van der Waals surface area contributed by atoms with Crippen molar-refractivity contribution in [1.29, 1.82) is 0 Å². The lowest BCUT2D eigenvalue weighted by atomic mass is 9.98. The molecule has 4 aromatic rings. The third kappa shape index (κ3) is 3.93. The average molecular weight is 449 g/mol. The van der Waals surface area contributed by atoms with Gasteiger partial charge in [0, 0.05) is 18.2 Å². The maximum Gasteiger partial charge on any atom is 0.407 e. The predicted octanol–water partition coefficient (Wildman–Crippen LogP) is 5.03. The van der Waals surface area contributed by atoms with Crippen LogP contribution < -0.4 is 5.32 Å². The molecule has 7 nitrogen and oxygen atoms in total. The highest BCUT2D eigenvalue weighted by Crippen LogP contribution is 2.44. The van der Waals surface area contributed by atoms with Crippen LogP contribution in [0.2, 0.25) is 0 Å². The number of aromatic nitrogens is 1. The molecular formula is C27H19N3O4. The number of fused-ring (bicyclic) bond motifs is 4. The number of nitrogens with one attached hydrogen (secondary N) is 1. The Balaban J connectivity index is 1.23. The minimum absolute atomic E-state index is 0.0122. The van der Waals surface area contributed by atoms with Crippen molar-refractivity contribution >= 4 is 22.7 Å². The molecule has 0 radical (unpaired) electrons. The second kappa shape index (κ2) is 9.04. The van der Waals surface area contributed by atoms with Crippen LogP contribution in [0.4, 0.5) is 10.5 Å². The van der Waals surface area contributed by atoms with Crippen LogP contribution in [0.3, 0.4) is 0 Å². The number of pyridine rings is 1. The number of non-ortho nitro benzene ring substituents is 1. The summed E-state index contributed by atoms with van der Waals surface area (Å²) in [6, 6.07) is 22.6. The van der Waals surface area contributed by atoms with Crippen LogP contribution in [-0.4, -0.2) is 29.2 Å². The number of nitro benzene ring substituents is 1. The first-order chi connectivity index (χ1) is 16.6. The fraction of sp³-hybridized carbons (Fsp3) is 0.111. The van der Waals surface area contributed by atoms with Gasteiger partial charge in [0.25, 0.3) is 5.69 Å². The van der Waals surface area contributed by atoms with Crippen LogP contribution in [0.25, 0.3) is 22.0 Å². The van der Waals surface area contributed by atoms with Gasteiger partial charge < -0.3 is 10.1 Å². The maximum atomic E-state index is 12.3. The highest BCUT2D eigenvalue weighted by atomic mass is 16.6. The zero-order valence-electron chi connectivity index (χ0n) is 18.0. The number of benzene rings is 3. The lowest BCUT2D eigenvalue weighted by Gasteiger charge is -2.14. The van der Waals surface area contributed by atoms with Gasteiger partial charge in [0.2, 0.25) is 0 Å². The van der Waals surface area contributed by atoms with Crippen molar-refractivity contribution in [3.63, 3.8) is 0 Å². The molecule has 1 amide bonds. The van der Waals surface area contributed by atoms with Gasteiger partial charge in [-0.1, -0.05) is 60.4 Å². The van der Waals surface area contributed by atoms with E-state index < -0.39 is 11.0 Å². The Morgan fingerprint density at radius 3 is 2.41 bits per heavy atom. The minimum Gasteiger partial charge on any atom is -0.449 e. The van der Waals surface area contributed by atoms with E-state index in [0.717, 1.165) is 11.1 Å². The summed E-state index contributed by atoms with van der Waals surface area (Å²) in [5, 5.41) is 14.3. The number of ether oxygens (including phenoxy) is 1. The number of amides is 1. The van der Waals surface area contributed by atoms with Crippen molar-refractivity contribution in [3.05, 3.63) is 106 Å². The lowest BCUT2D eigenvalue weighted by molar-refractivity contribution is -0.383. The van der Waals surface area contributed by atoms with Crippen LogP contribution in [0.1, 0.15) is 22.6 Å². The van der Waals surface area contributed by atoms with Gasteiger partial charge >= 0.3 is 6.09 Å². The zero-order valence-corrected chi connectivity index (χ0v) is 18.0. The molecule has 0 aliphatic heterocycles. The molecule has 1 N–H and O–H groups in total. The summed E-state index contributed by atoms with van der Waals surface area (Å²) in [7, 11) is 0. The number of alkyl carbamates (subject to hydrolysis) is 1. The summed E-state index contributed by atoms with van der Waals surface area (Å²) in [4.78, 5) is 27.3. The van der Waals surface area contributed by atoms with Gasteiger partial charge in [0.15, 0.2) is 0 Å². The molecule has 0 atom stereocenters. The van der Waals surface area contributed by atoms with E-state index in [4.69, 9.17) is 4.74 Å². The zero-order chi connectivity index (χ0) is 23.5. The molecule has 3 aromatic carbocycles. The molecule has 5 rings (SSSR count). The highest BCUT2D eigenvalue weighted by Gasteiger charge is 2.28. The fourth-order valence-electron chi connectivity index (χ4n) is 4.32. The summed E-state index contributed by atoms with van der Waals surface area (Å²) in [6.07, 6.45) is 1.01. The topological polar surface area (TPSA) is 94.4 Å². The van der Waals surface area contributed by atoms with Gasteiger partial charge in [-0.15, -0.1) is 0 Å². The second-order valence-electron chi connectivity index (χ2n) is 7.77. The molecule has 0 saturated heterocycles. The summed E-state index contributed by atoms with van der Waals surface area (Å²) >= 11 is 0. The Morgan fingerprint density at radius 1 is 1.00 bits per heavy atom. The Labute approximate surface area is 195 Å². The van der Waals surface area contributed by atoms with Crippen LogP contribution >= 0.6 is 0 Å². The van der Waals surface area contributed by atoms with Gasteiger partial charge in [0.1, 0.15) is 6.61 Å². The number of hydrogen-bond acceptors (Lipinski definition) is 5. The minimum atomic E-state index is -0.553. The maximum absolute atomic E-state index is 12.3. The van der Waals surface area contributed by atoms with Crippen LogP contribution in [-0.2, 0) is 4.74 Å². The normalized spacial score (nSPS) is 11.8. The Bertz CT molecular complexity index is 1440. The Hall–Kier alpha value is -4.70. The van der Waals surface area contributed by atoms with E-state index in [2.05, 4.69) is 46.4 Å². The van der Waals surface area contributed by atoms with E-state index in [0.29, 0.717) is 16.5 Å². The van der Waals surface area contributed by atoms with E-state index in [1.54, 1.807) is 24.4 Å². The van der Waals surface area contributed by atoms with Crippen molar-refractivity contribution in [3.8, 4) is 23.0 Å². The van der Waals surface area contributed by atoms with E-state index in [1.165, 1.54) is 17.2 Å². The number of carbonyl (C=O) groups is 1. The molecule has 34 heavy (non-hydrogen) atoms. The highest BCUT2D eigenvalue weighted by molar-refractivity contribution is 5.92. The quantitative estimate of drug-likeness (QED) is 0.268. The molecule has 1 heterocycles. The summed E-state index contributed by atoms with van der Waals surface area (Å²) in [5.74, 6) is 5.78. The molecule has 0 spiro atoms. The summed E-state index contributed by atoms with van der Waals surface area (Å²) in [5.41, 5.74) is 5.61. The SMILES string of the molecule is O=C(NCC#Cc1ccc([N+](=O)[O-])c2cccnc12)OCC1c2ccccc2-c2ccccc21. The van der Waals surface area contributed by atoms with Crippen LogP contribution in [0.15, 0.2) is 79.0 Å².